The average molecular weight is 645 g/mol. The number of halogens is 8. The lowest BCUT2D eigenvalue weighted by atomic mass is 9.97. The first-order chi connectivity index (χ1) is 18.8. The van der Waals surface area contributed by atoms with Gasteiger partial charge >= 0.3 is 12.4 Å². The summed E-state index contributed by atoms with van der Waals surface area (Å²) in [5.41, 5.74) is -0.457. The highest BCUT2D eigenvalue weighted by molar-refractivity contribution is 5.95. The molecule has 5 nitrogen and oxygen atoms in total. The average Bonchev–Trinajstić information content (AvgIpc) is 3.17. The molecular weight excluding hydrogens is 607 g/mol. The van der Waals surface area contributed by atoms with E-state index in [1.165, 1.54) is 4.90 Å². The van der Waals surface area contributed by atoms with Gasteiger partial charge < -0.3 is 9.64 Å². The number of alkyl halides is 6. The lowest BCUT2D eigenvalue weighted by Gasteiger charge is -2.42. The fourth-order valence-electron chi connectivity index (χ4n) is 5.32. The van der Waals surface area contributed by atoms with Crippen molar-refractivity contribution in [1.29, 1.82) is 0 Å². The first-order valence-electron chi connectivity index (χ1n) is 13.5. The maximum absolute atomic E-state index is 13.6. The van der Waals surface area contributed by atoms with Gasteiger partial charge in [0.05, 0.1) is 17.7 Å². The van der Waals surface area contributed by atoms with E-state index < -0.39 is 41.0 Å². The third kappa shape index (κ3) is 9.47. The maximum Gasteiger partial charge on any atom is 0.416 e. The zero-order chi connectivity index (χ0) is 29.1. The molecule has 0 spiro atoms. The van der Waals surface area contributed by atoms with Crippen LogP contribution in [0.4, 0.5) is 26.3 Å². The number of ether oxygens (including phenoxy) is 1. The summed E-state index contributed by atoms with van der Waals surface area (Å²) in [6.07, 6.45) is -8.65. The largest absolute Gasteiger partial charge is 0.416 e. The fraction of sp³-hybridized carbons (Fsp3) is 0.552. The number of carbonyl (C=O) groups is 1. The first kappa shape index (κ1) is 36.1. The van der Waals surface area contributed by atoms with E-state index in [2.05, 4.69) is 9.80 Å². The summed E-state index contributed by atoms with van der Waals surface area (Å²) >= 11 is 0. The molecule has 0 radical (unpaired) electrons. The molecule has 2 fully saturated rings. The van der Waals surface area contributed by atoms with Gasteiger partial charge in [-0.2, -0.15) is 26.3 Å². The number of carbonyl (C=O) groups excluding carboxylic acids is 1. The van der Waals surface area contributed by atoms with Crippen molar-refractivity contribution in [1.82, 2.24) is 14.7 Å². The van der Waals surface area contributed by atoms with Gasteiger partial charge in [-0.05, 0) is 61.6 Å². The van der Waals surface area contributed by atoms with Crippen molar-refractivity contribution >= 4 is 30.7 Å². The van der Waals surface area contributed by atoms with E-state index in [4.69, 9.17) is 4.74 Å². The number of nitrogens with zero attached hydrogens (tertiary/aromatic N) is 3. The Morgan fingerprint density at radius 2 is 1.45 bits per heavy atom. The lowest BCUT2D eigenvalue weighted by Crippen LogP contribution is -2.57. The van der Waals surface area contributed by atoms with Crippen LogP contribution in [-0.4, -0.2) is 85.7 Å². The highest BCUT2D eigenvalue weighted by atomic mass is 35.5. The highest BCUT2D eigenvalue weighted by Crippen LogP contribution is 2.37. The van der Waals surface area contributed by atoms with Gasteiger partial charge in [0.15, 0.2) is 0 Å². The second-order valence-corrected chi connectivity index (χ2v) is 10.7. The van der Waals surface area contributed by atoms with Crippen molar-refractivity contribution in [3.63, 3.8) is 0 Å². The van der Waals surface area contributed by atoms with Crippen molar-refractivity contribution in [3.8, 4) is 0 Å². The Morgan fingerprint density at radius 3 is 2.07 bits per heavy atom. The molecule has 0 bridgehead atoms. The summed E-state index contributed by atoms with van der Waals surface area (Å²) in [6.45, 7) is 9.84. The monoisotopic (exact) mass is 643 g/mol. The van der Waals surface area contributed by atoms with Crippen LogP contribution in [0.1, 0.15) is 44.6 Å². The van der Waals surface area contributed by atoms with Crippen LogP contribution in [0.15, 0.2) is 36.4 Å². The Hall–Kier alpha value is -2.05. The molecule has 2 aromatic rings. The van der Waals surface area contributed by atoms with Crippen molar-refractivity contribution < 1.29 is 35.9 Å². The van der Waals surface area contributed by atoms with Gasteiger partial charge in [0, 0.05) is 64.0 Å². The van der Waals surface area contributed by atoms with Gasteiger partial charge in [-0.25, -0.2) is 0 Å². The van der Waals surface area contributed by atoms with E-state index >= 15 is 0 Å². The van der Waals surface area contributed by atoms with Crippen LogP contribution < -0.4 is 0 Å². The minimum absolute atomic E-state index is 0. The topological polar surface area (TPSA) is 36.0 Å². The molecule has 13 heteroatoms. The van der Waals surface area contributed by atoms with Crippen LogP contribution >= 0.6 is 24.8 Å². The second-order valence-electron chi connectivity index (χ2n) is 10.7. The molecule has 0 aromatic heterocycles. The summed E-state index contributed by atoms with van der Waals surface area (Å²) in [4.78, 5) is 19.6. The van der Waals surface area contributed by atoms with E-state index in [9.17, 15) is 31.1 Å². The van der Waals surface area contributed by atoms with Crippen LogP contribution in [0.5, 0.6) is 0 Å². The molecule has 1 atom stereocenters. The van der Waals surface area contributed by atoms with Crippen LogP contribution in [-0.2, 0) is 23.5 Å². The molecule has 2 saturated heterocycles. The zero-order valence-corrected chi connectivity index (χ0v) is 25.2. The SMILES string of the molecule is Cc1ccc(C[C@@H]2CN(CCN3CCCOCC3)CCN2C(=O)c2cc(C(F)(F)F)cc(C(F)(F)F)c2)cc1C.Cl.Cl. The summed E-state index contributed by atoms with van der Waals surface area (Å²) in [6, 6.07) is 6.63. The van der Waals surface area contributed by atoms with E-state index in [0.717, 1.165) is 55.9 Å². The first-order valence-corrected chi connectivity index (χ1v) is 13.5. The lowest BCUT2D eigenvalue weighted by molar-refractivity contribution is -0.143. The molecule has 236 valence electrons. The molecule has 2 heterocycles. The van der Waals surface area contributed by atoms with Gasteiger partial charge in [0.2, 0.25) is 0 Å². The van der Waals surface area contributed by atoms with Gasteiger partial charge in [-0.3, -0.25) is 14.6 Å². The number of rotatable bonds is 6. The second kappa shape index (κ2) is 15.1. The van der Waals surface area contributed by atoms with Gasteiger partial charge in [0.25, 0.3) is 5.91 Å². The standard InChI is InChI=1S/C29H35F6N3O2.2ClH/c1-20-4-5-22(14-21(20)2)15-26-19-37(8-7-36-6-3-12-40-13-11-36)9-10-38(26)27(39)23-16-24(28(30,31)32)18-25(17-23)29(33,34)35;;/h4-5,14,16-18,26H,3,6-13,15,19H2,1-2H3;2*1H/t26-;;/m1../s1. The Bertz CT molecular complexity index is 1150. The number of hydrogen-bond donors (Lipinski definition) is 0. The molecule has 1 amide bonds. The van der Waals surface area contributed by atoms with Crippen LogP contribution in [0, 0.1) is 13.8 Å². The third-order valence-electron chi connectivity index (χ3n) is 7.75. The predicted octanol–water partition coefficient (Wildman–Crippen LogP) is 6.28. The zero-order valence-electron chi connectivity index (χ0n) is 23.6. The van der Waals surface area contributed by atoms with E-state index in [1.807, 2.05) is 32.0 Å². The van der Waals surface area contributed by atoms with Crippen LogP contribution in [0.2, 0.25) is 0 Å². The number of piperazine rings is 1. The molecule has 0 aliphatic carbocycles. The Morgan fingerprint density at radius 1 is 0.810 bits per heavy atom. The van der Waals surface area contributed by atoms with Crippen LogP contribution in [0.25, 0.3) is 0 Å². The molecule has 2 aliphatic heterocycles. The normalized spacial score (nSPS) is 19.0. The number of amides is 1. The number of benzene rings is 2. The van der Waals surface area contributed by atoms with Crippen LogP contribution in [0.3, 0.4) is 0 Å². The molecule has 0 N–H and O–H groups in total. The molecule has 2 aromatic carbocycles. The van der Waals surface area contributed by atoms with E-state index in [0.29, 0.717) is 38.2 Å². The van der Waals surface area contributed by atoms with Gasteiger partial charge in [-0.15, -0.1) is 24.8 Å². The van der Waals surface area contributed by atoms with Gasteiger partial charge in [0.1, 0.15) is 0 Å². The Balaban J connectivity index is 0.00000308. The Kier molecular flexibility index (Phi) is 13.0. The van der Waals surface area contributed by atoms with Crippen molar-refractivity contribution in [3.05, 3.63) is 69.8 Å². The smallest absolute Gasteiger partial charge is 0.380 e. The molecular formula is C29H37Cl2F6N3O2. The summed E-state index contributed by atoms with van der Waals surface area (Å²) in [5, 5.41) is 0. The summed E-state index contributed by atoms with van der Waals surface area (Å²) in [5.74, 6) is -0.824. The Labute approximate surface area is 255 Å². The molecule has 4 rings (SSSR count). The minimum Gasteiger partial charge on any atom is -0.380 e. The quantitative estimate of drug-likeness (QED) is 0.348. The molecule has 42 heavy (non-hydrogen) atoms. The van der Waals surface area contributed by atoms with Gasteiger partial charge in [-0.1, -0.05) is 18.2 Å². The third-order valence-corrected chi connectivity index (χ3v) is 7.75. The minimum atomic E-state index is -5.02. The summed E-state index contributed by atoms with van der Waals surface area (Å²) in [7, 11) is 0. The maximum atomic E-state index is 13.6. The molecule has 0 unspecified atom stereocenters. The number of aryl methyl sites for hydroxylation is 2. The van der Waals surface area contributed by atoms with E-state index in [-0.39, 0.29) is 37.4 Å². The molecule has 2 aliphatic rings. The van der Waals surface area contributed by atoms with Crippen molar-refractivity contribution in [2.75, 3.05) is 59.0 Å². The van der Waals surface area contributed by atoms with Crippen molar-refractivity contribution in [2.45, 2.75) is 45.1 Å². The van der Waals surface area contributed by atoms with Crippen molar-refractivity contribution in [2.24, 2.45) is 0 Å². The number of hydrogen-bond acceptors (Lipinski definition) is 4. The molecule has 0 saturated carbocycles. The highest BCUT2D eigenvalue weighted by Gasteiger charge is 2.39. The predicted molar refractivity (Wildman–Crippen MR) is 154 cm³/mol. The summed E-state index contributed by atoms with van der Waals surface area (Å²) < 4.78 is 86.4. The fourth-order valence-corrected chi connectivity index (χ4v) is 5.32. The van der Waals surface area contributed by atoms with E-state index in [1.54, 1.807) is 0 Å².